The van der Waals surface area contributed by atoms with E-state index in [0.29, 0.717) is 24.3 Å². The summed E-state index contributed by atoms with van der Waals surface area (Å²) in [6, 6.07) is -1.28. The number of hydrogen-bond acceptors (Lipinski definition) is 4. The number of amides is 2. The van der Waals surface area contributed by atoms with Crippen LogP contribution in [0.4, 0.5) is 9.18 Å². The first-order valence-electron chi connectivity index (χ1n) is 9.42. The van der Waals surface area contributed by atoms with Gasteiger partial charge in [-0.3, -0.25) is 5.21 Å². The van der Waals surface area contributed by atoms with Crippen molar-refractivity contribution in [3.05, 3.63) is 12.2 Å². The molecule has 0 aromatic heterocycles. The highest BCUT2D eigenvalue weighted by molar-refractivity contribution is 5.71. The van der Waals surface area contributed by atoms with E-state index in [0.717, 1.165) is 38.5 Å². The van der Waals surface area contributed by atoms with Crippen LogP contribution in [0.15, 0.2) is 12.2 Å². The predicted octanol–water partition coefficient (Wildman–Crippen LogP) is 3.08. The van der Waals surface area contributed by atoms with Gasteiger partial charge in [-0.25, -0.2) is 9.18 Å². The Morgan fingerprint density at radius 2 is 1.68 bits per heavy atom. The molecule has 0 saturated heterocycles. The third-order valence-electron chi connectivity index (χ3n) is 5.50. The molecule has 0 heterocycles. The highest BCUT2D eigenvalue weighted by atomic mass is 19.1. The average molecular weight is 356 g/mol. The summed E-state index contributed by atoms with van der Waals surface area (Å²) >= 11 is 0. The molecule has 4 atom stereocenters. The quantitative estimate of drug-likeness (QED) is 0.450. The van der Waals surface area contributed by atoms with Crippen LogP contribution in [0.25, 0.3) is 0 Å². The van der Waals surface area contributed by atoms with E-state index >= 15 is 0 Å². The average Bonchev–Trinajstić information content (AvgIpc) is 3.05. The van der Waals surface area contributed by atoms with Crippen LogP contribution in [0, 0.1) is 0 Å². The molecule has 0 radical (unpaired) electrons. The van der Waals surface area contributed by atoms with Crippen molar-refractivity contribution >= 4 is 6.03 Å². The second-order valence-corrected chi connectivity index (χ2v) is 7.47. The van der Waals surface area contributed by atoms with Crippen molar-refractivity contribution in [1.82, 2.24) is 5.06 Å². The van der Waals surface area contributed by atoms with Crippen LogP contribution in [0.1, 0.15) is 57.8 Å². The lowest BCUT2D eigenvalue weighted by molar-refractivity contribution is -0.103. The number of primary amides is 1. The van der Waals surface area contributed by atoms with Gasteiger partial charge in [0.25, 0.3) is 0 Å². The predicted molar refractivity (Wildman–Crippen MR) is 89.9 cm³/mol. The number of hydroxylamine groups is 2. The van der Waals surface area contributed by atoms with Gasteiger partial charge >= 0.3 is 6.03 Å². The summed E-state index contributed by atoms with van der Waals surface area (Å²) in [5.74, 6) is 0. The lowest BCUT2D eigenvalue weighted by Gasteiger charge is -2.34. The molecular formula is C18H29FN2O4. The van der Waals surface area contributed by atoms with Crippen molar-refractivity contribution in [3.63, 3.8) is 0 Å². The van der Waals surface area contributed by atoms with Gasteiger partial charge in [0.15, 0.2) is 0 Å². The van der Waals surface area contributed by atoms with E-state index in [9.17, 15) is 14.4 Å². The summed E-state index contributed by atoms with van der Waals surface area (Å²) in [7, 11) is 0. The first kappa shape index (κ1) is 18.6. The Morgan fingerprint density at radius 3 is 2.36 bits per heavy atom. The SMILES string of the molecule is NC(=O)N(O)[C@@H]1C=C[C@H](OC2CCCC(OC3CCC(F)CC3)C2)C1. The number of rotatable bonds is 5. The number of halogens is 1. The summed E-state index contributed by atoms with van der Waals surface area (Å²) < 4.78 is 25.6. The van der Waals surface area contributed by atoms with Crippen LogP contribution in [0.5, 0.6) is 0 Å². The summed E-state index contributed by atoms with van der Waals surface area (Å²) in [5.41, 5.74) is 5.08. The molecule has 2 unspecified atom stereocenters. The molecule has 7 heteroatoms. The Kier molecular flexibility index (Phi) is 6.30. The minimum absolute atomic E-state index is 0.116. The van der Waals surface area contributed by atoms with Crippen LogP contribution >= 0.6 is 0 Å². The number of nitrogens with zero attached hydrogens (tertiary/aromatic N) is 1. The molecule has 6 nitrogen and oxygen atoms in total. The molecule has 3 rings (SSSR count). The Hall–Kier alpha value is -1.18. The second kappa shape index (κ2) is 8.47. The van der Waals surface area contributed by atoms with E-state index in [1.165, 1.54) is 0 Å². The molecule has 3 aliphatic carbocycles. The van der Waals surface area contributed by atoms with Crippen molar-refractivity contribution in [1.29, 1.82) is 0 Å². The van der Waals surface area contributed by atoms with Crippen molar-refractivity contribution in [3.8, 4) is 0 Å². The van der Waals surface area contributed by atoms with E-state index < -0.39 is 18.2 Å². The summed E-state index contributed by atoms with van der Waals surface area (Å²) in [5, 5.41) is 10.1. The summed E-state index contributed by atoms with van der Waals surface area (Å²) in [4.78, 5) is 11.0. The smallest absolute Gasteiger partial charge is 0.339 e. The first-order chi connectivity index (χ1) is 12.0. The molecule has 2 fully saturated rings. The maximum atomic E-state index is 13.2. The van der Waals surface area contributed by atoms with E-state index in [1.807, 2.05) is 6.08 Å². The summed E-state index contributed by atoms with van der Waals surface area (Å²) in [6.07, 6.45) is 10.6. The van der Waals surface area contributed by atoms with Crippen LogP contribution in [-0.4, -0.2) is 52.9 Å². The van der Waals surface area contributed by atoms with E-state index in [2.05, 4.69) is 0 Å². The second-order valence-electron chi connectivity index (χ2n) is 7.47. The van der Waals surface area contributed by atoms with Crippen LogP contribution in [-0.2, 0) is 9.47 Å². The zero-order chi connectivity index (χ0) is 17.8. The van der Waals surface area contributed by atoms with E-state index in [-0.39, 0.29) is 24.4 Å². The zero-order valence-corrected chi connectivity index (χ0v) is 14.6. The molecule has 0 aliphatic heterocycles. The van der Waals surface area contributed by atoms with Gasteiger partial charge in [-0.2, -0.15) is 5.06 Å². The van der Waals surface area contributed by atoms with Crippen molar-refractivity contribution < 1.29 is 23.9 Å². The largest absolute Gasteiger partial charge is 0.375 e. The molecule has 25 heavy (non-hydrogen) atoms. The van der Waals surface area contributed by atoms with Gasteiger partial charge in [0.05, 0.1) is 30.5 Å². The van der Waals surface area contributed by atoms with Gasteiger partial charge in [0.2, 0.25) is 0 Å². The van der Waals surface area contributed by atoms with Crippen molar-refractivity contribution in [2.75, 3.05) is 0 Å². The Labute approximate surface area is 148 Å². The highest BCUT2D eigenvalue weighted by Gasteiger charge is 2.32. The molecule has 3 aliphatic rings. The normalized spacial score (nSPS) is 38.6. The molecule has 0 bridgehead atoms. The Morgan fingerprint density at radius 1 is 1.00 bits per heavy atom. The molecule has 0 aromatic rings. The molecule has 2 saturated carbocycles. The van der Waals surface area contributed by atoms with Gasteiger partial charge in [-0.1, -0.05) is 12.2 Å². The molecule has 142 valence electrons. The third-order valence-corrected chi connectivity index (χ3v) is 5.50. The highest BCUT2D eigenvalue weighted by Crippen LogP contribution is 2.31. The first-order valence-corrected chi connectivity index (χ1v) is 9.42. The monoisotopic (exact) mass is 356 g/mol. The lowest BCUT2D eigenvalue weighted by atomic mass is 9.92. The number of ether oxygens (including phenoxy) is 2. The van der Waals surface area contributed by atoms with Gasteiger partial charge in [-0.15, -0.1) is 0 Å². The summed E-state index contributed by atoms with van der Waals surface area (Å²) in [6.45, 7) is 0. The van der Waals surface area contributed by atoms with E-state index in [1.54, 1.807) is 6.08 Å². The van der Waals surface area contributed by atoms with Gasteiger partial charge in [0.1, 0.15) is 6.17 Å². The fourth-order valence-electron chi connectivity index (χ4n) is 4.12. The number of alkyl halides is 1. The number of carbonyl (C=O) groups is 1. The third kappa shape index (κ3) is 5.15. The fourth-order valence-corrected chi connectivity index (χ4v) is 4.12. The van der Waals surface area contributed by atoms with Gasteiger partial charge in [0, 0.05) is 6.42 Å². The molecular weight excluding hydrogens is 327 g/mol. The minimum atomic E-state index is -0.857. The molecule has 2 amide bonds. The number of urea groups is 1. The van der Waals surface area contributed by atoms with Gasteiger partial charge < -0.3 is 15.2 Å². The maximum absolute atomic E-state index is 13.2. The Balaban J connectivity index is 1.42. The lowest BCUT2D eigenvalue weighted by Crippen LogP contribution is -2.40. The number of nitrogens with two attached hydrogens (primary N) is 1. The van der Waals surface area contributed by atoms with Crippen LogP contribution < -0.4 is 5.73 Å². The molecule has 0 aromatic carbocycles. The van der Waals surface area contributed by atoms with Crippen LogP contribution in [0.2, 0.25) is 0 Å². The van der Waals surface area contributed by atoms with Crippen LogP contribution in [0.3, 0.4) is 0 Å². The number of hydrogen-bond donors (Lipinski definition) is 2. The van der Waals surface area contributed by atoms with E-state index in [4.69, 9.17) is 15.2 Å². The maximum Gasteiger partial charge on any atom is 0.339 e. The van der Waals surface area contributed by atoms with Crippen molar-refractivity contribution in [2.24, 2.45) is 5.73 Å². The zero-order valence-electron chi connectivity index (χ0n) is 14.6. The standard InChI is InChI=1S/C18H29FN2O4/c19-12-4-7-14(8-5-12)24-15-2-1-3-16(11-15)25-17-9-6-13(10-17)21(23)18(20)22/h6,9,12-17,23H,1-5,7-8,10-11H2,(H2,20,22)/t12?,13-,14?,15?,16?,17+/m1/s1. The number of carbonyl (C=O) groups excluding carboxylic acids is 1. The van der Waals surface area contributed by atoms with Gasteiger partial charge in [-0.05, 0) is 51.4 Å². The Bertz CT molecular complexity index is 482. The minimum Gasteiger partial charge on any atom is -0.375 e. The molecule has 0 spiro atoms. The molecule has 3 N–H and O–H groups in total. The fraction of sp³-hybridized carbons (Fsp3) is 0.833. The topological polar surface area (TPSA) is 85.0 Å². The van der Waals surface area contributed by atoms with Crippen molar-refractivity contribution in [2.45, 2.75) is 94.4 Å².